The predicted molar refractivity (Wildman–Crippen MR) is 69.0 cm³/mol. The van der Waals surface area contributed by atoms with Crippen LogP contribution >= 0.6 is 0 Å². The van der Waals surface area contributed by atoms with Gasteiger partial charge in [0.15, 0.2) is 0 Å². The van der Waals surface area contributed by atoms with Crippen LogP contribution in [0.3, 0.4) is 0 Å². The van der Waals surface area contributed by atoms with Crippen molar-refractivity contribution in [1.82, 2.24) is 10.6 Å². The molecule has 2 atom stereocenters. The number of carbonyl (C=O) groups is 1. The van der Waals surface area contributed by atoms with Gasteiger partial charge in [0.25, 0.3) is 0 Å². The summed E-state index contributed by atoms with van der Waals surface area (Å²) in [6.45, 7) is 3.04. The highest BCUT2D eigenvalue weighted by Crippen LogP contribution is 2.11. The van der Waals surface area contributed by atoms with E-state index in [0.29, 0.717) is 5.69 Å². The van der Waals surface area contributed by atoms with Crippen molar-refractivity contribution in [3.8, 4) is 0 Å². The molecule has 2 unspecified atom stereocenters. The summed E-state index contributed by atoms with van der Waals surface area (Å²) in [5, 5.41) is 8.84. The molecule has 1 fully saturated rings. The molecule has 3 N–H and O–H groups in total. The minimum absolute atomic E-state index is 0.118. The van der Waals surface area contributed by atoms with Gasteiger partial charge in [0.1, 0.15) is 5.82 Å². The van der Waals surface area contributed by atoms with E-state index in [4.69, 9.17) is 0 Å². The van der Waals surface area contributed by atoms with Gasteiger partial charge in [-0.3, -0.25) is 0 Å². The van der Waals surface area contributed by atoms with E-state index in [-0.39, 0.29) is 23.9 Å². The summed E-state index contributed by atoms with van der Waals surface area (Å²) in [7, 11) is 0. The number of hydrogen-bond acceptors (Lipinski definition) is 2. The van der Waals surface area contributed by atoms with Crippen LogP contribution in [0.25, 0.3) is 0 Å². The summed E-state index contributed by atoms with van der Waals surface area (Å²) in [6.07, 6.45) is 2.01. The highest BCUT2D eigenvalue weighted by atomic mass is 19.1. The molecule has 1 aliphatic heterocycles. The molecule has 1 aliphatic rings. The second-order valence-electron chi connectivity index (χ2n) is 4.60. The largest absolute Gasteiger partial charge is 0.334 e. The number of anilines is 1. The Kier molecular flexibility index (Phi) is 4.15. The second-order valence-corrected chi connectivity index (χ2v) is 4.60. The monoisotopic (exact) mass is 251 g/mol. The quantitative estimate of drug-likeness (QED) is 0.754. The SMILES string of the molecule is CC1NCCCC1NC(=O)Nc1cccc(F)c1. The van der Waals surface area contributed by atoms with Crippen LogP contribution in [-0.4, -0.2) is 24.7 Å². The molecule has 0 aromatic heterocycles. The summed E-state index contributed by atoms with van der Waals surface area (Å²) >= 11 is 0. The number of nitrogens with one attached hydrogen (secondary N) is 3. The zero-order valence-corrected chi connectivity index (χ0v) is 10.4. The molecule has 0 aliphatic carbocycles. The average Bonchev–Trinajstić information content (AvgIpc) is 2.32. The molecular weight excluding hydrogens is 233 g/mol. The number of carbonyl (C=O) groups excluding carboxylic acids is 1. The lowest BCUT2D eigenvalue weighted by Crippen LogP contribution is -2.52. The molecule has 1 heterocycles. The fraction of sp³-hybridized carbons (Fsp3) is 0.462. The Labute approximate surface area is 106 Å². The van der Waals surface area contributed by atoms with E-state index >= 15 is 0 Å². The topological polar surface area (TPSA) is 53.2 Å². The highest BCUT2D eigenvalue weighted by molar-refractivity contribution is 5.89. The second kappa shape index (κ2) is 5.82. The van der Waals surface area contributed by atoms with E-state index in [2.05, 4.69) is 16.0 Å². The lowest BCUT2D eigenvalue weighted by Gasteiger charge is -2.30. The van der Waals surface area contributed by atoms with Gasteiger partial charge in [-0.05, 0) is 44.5 Å². The normalized spacial score (nSPS) is 23.4. The summed E-state index contributed by atoms with van der Waals surface area (Å²) in [6, 6.07) is 5.95. The number of benzene rings is 1. The Morgan fingerprint density at radius 2 is 2.33 bits per heavy atom. The number of halogens is 1. The first-order valence-corrected chi connectivity index (χ1v) is 6.21. The number of amides is 2. The molecule has 98 valence electrons. The van der Waals surface area contributed by atoms with E-state index in [1.54, 1.807) is 12.1 Å². The summed E-state index contributed by atoms with van der Waals surface area (Å²) in [5.41, 5.74) is 0.462. The van der Waals surface area contributed by atoms with Gasteiger partial charge in [-0.15, -0.1) is 0 Å². The Balaban J connectivity index is 1.88. The molecule has 5 heteroatoms. The van der Waals surface area contributed by atoms with Gasteiger partial charge in [-0.1, -0.05) is 6.07 Å². The molecule has 1 saturated heterocycles. The summed E-state index contributed by atoms with van der Waals surface area (Å²) in [4.78, 5) is 11.8. The zero-order valence-electron chi connectivity index (χ0n) is 10.4. The minimum atomic E-state index is -0.361. The Bertz CT molecular complexity index is 424. The molecule has 0 bridgehead atoms. The fourth-order valence-corrected chi connectivity index (χ4v) is 2.14. The van der Waals surface area contributed by atoms with Gasteiger partial charge < -0.3 is 16.0 Å². The third kappa shape index (κ3) is 3.43. The van der Waals surface area contributed by atoms with Gasteiger partial charge in [-0.2, -0.15) is 0 Å². The first kappa shape index (κ1) is 12.8. The van der Waals surface area contributed by atoms with Gasteiger partial charge in [0.05, 0.1) is 0 Å². The molecule has 2 amide bonds. The van der Waals surface area contributed by atoms with Gasteiger partial charge in [0.2, 0.25) is 0 Å². The van der Waals surface area contributed by atoms with Gasteiger partial charge in [-0.25, -0.2) is 9.18 Å². The highest BCUT2D eigenvalue weighted by Gasteiger charge is 2.22. The zero-order chi connectivity index (χ0) is 13.0. The molecule has 2 rings (SSSR count). The van der Waals surface area contributed by atoms with E-state index in [1.807, 2.05) is 6.92 Å². The van der Waals surface area contributed by atoms with Crippen molar-refractivity contribution in [3.63, 3.8) is 0 Å². The Hall–Kier alpha value is -1.62. The molecule has 1 aromatic rings. The van der Waals surface area contributed by atoms with Crippen LogP contribution in [-0.2, 0) is 0 Å². The van der Waals surface area contributed by atoms with Crippen LogP contribution in [0.2, 0.25) is 0 Å². The predicted octanol–water partition coefficient (Wildman–Crippen LogP) is 2.09. The molecule has 0 spiro atoms. The van der Waals surface area contributed by atoms with E-state index in [9.17, 15) is 9.18 Å². The van der Waals surface area contributed by atoms with Gasteiger partial charge >= 0.3 is 6.03 Å². The maximum absolute atomic E-state index is 13.0. The van der Waals surface area contributed by atoms with Crippen molar-refractivity contribution in [2.24, 2.45) is 0 Å². The Morgan fingerprint density at radius 3 is 3.06 bits per heavy atom. The minimum Gasteiger partial charge on any atom is -0.334 e. The number of piperidine rings is 1. The number of hydrogen-bond donors (Lipinski definition) is 3. The standard InChI is InChI=1S/C13H18FN3O/c1-9-12(6-3-7-15-9)17-13(18)16-11-5-2-4-10(14)8-11/h2,4-5,8-9,12,15H,3,6-7H2,1H3,(H2,16,17,18). The van der Waals surface area contributed by atoms with E-state index in [1.165, 1.54) is 12.1 Å². The van der Waals surface area contributed by atoms with Gasteiger partial charge in [0, 0.05) is 17.8 Å². The van der Waals surface area contributed by atoms with Crippen molar-refractivity contribution in [2.45, 2.75) is 31.8 Å². The molecule has 0 radical (unpaired) electrons. The summed E-state index contributed by atoms with van der Waals surface area (Å²) < 4.78 is 13.0. The molecule has 1 aromatic carbocycles. The lowest BCUT2D eigenvalue weighted by molar-refractivity contribution is 0.239. The molecule has 18 heavy (non-hydrogen) atoms. The maximum Gasteiger partial charge on any atom is 0.319 e. The van der Waals surface area contributed by atoms with Crippen LogP contribution < -0.4 is 16.0 Å². The van der Waals surface area contributed by atoms with Crippen LogP contribution in [0, 0.1) is 5.82 Å². The van der Waals surface area contributed by atoms with Crippen LogP contribution in [0.4, 0.5) is 14.9 Å². The van der Waals surface area contributed by atoms with Crippen molar-refractivity contribution in [3.05, 3.63) is 30.1 Å². The number of rotatable bonds is 2. The van der Waals surface area contributed by atoms with Crippen molar-refractivity contribution in [2.75, 3.05) is 11.9 Å². The molecular formula is C13H18FN3O. The van der Waals surface area contributed by atoms with E-state index < -0.39 is 0 Å². The van der Waals surface area contributed by atoms with Crippen LogP contribution in [0.1, 0.15) is 19.8 Å². The Morgan fingerprint density at radius 1 is 1.50 bits per heavy atom. The third-order valence-corrected chi connectivity index (χ3v) is 3.16. The first-order valence-electron chi connectivity index (χ1n) is 6.21. The molecule has 4 nitrogen and oxygen atoms in total. The average molecular weight is 251 g/mol. The molecule has 0 saturated carbocycles. The van der Waals surface area contributed by atoms with Crippen molar-refractivity contribution in [1.29, 1.82) is 0 Å². The lowest BCUT2D eigenvalue weighted by atomic mass is 10.0. The first-order chi connectivity index (χ1) is 8.65. The summed E-state index contributed by atoms with van der Waals surface area (Å²) in [5.74, 6) is -0.361. The van der Waals surface area contributed by atoms with Crippen LogP contribution in [0.15, 0.2) is 24.3 Å². The maximum atomic E-state index is 13.0. The number of urea groups is 1. The smallest absolute Gasteiger partial charge is 0.319 e. The third-order valence-electron chi connectivity index (χ3n) is 3.16. The van der Waals surface area contributed by atoms with Crippen molar-refractivity contribution < 1.29 is 9.18 Å². The van der Waals surface area contributed by atoms with E-state index in [0.717, 1.165) is 19.4 Å². The fourth-order valence-electron chi connectivity index (χ4n) is 2.14. The van der Waals surface area contributed by atoms with Crippen molar-refractivity contribution >= 4 is 11.7 Å². The van der Waals surface area contributed by atoms with Crippen LogP contribution in [0.5, 0.6) is 0 Å².